The number of pyridine rings is 1. The lowest BCUT2D eigenvalue weighted by atomic mass is 10.2. The van der Waals surface area contributed by atoms with Crippen molar-refractivity contribution in [1.29, 1.82) is 0 Å². The highest BCUT2D eigenvalue weighted by Gasteiger charge is 2.38. The fourth-order valence-electron chi connectivity index (χ4n) is 2.40. The van der Waals surface area contributed by atoms with Gasteiger partial charge in [-0.15, -0.1) is 0 Å². The summed E-state index contributed by atoms with van der Waals surface area (Å²) in [6, 6.07) is 10.3. The van der Waals surface area contributed by atoms with Crippen LogP contribution in [0.4, 0.5) is 13.2 Å². The van der Waals surface area contributed by atoms with Crippen LogP contribution in [0.5, 0.6) is 5.75 Å². The van der Waals surface area contributed by atoms with Crippen LogP contribution in [0.2, 0.25) is 0 Å². The lowest BCUT2D eigenvalue weighted by Crippen LogP contribution is -2.32. The van der Waals surface area contributed by atoms with E-state index in [1.807, 2.05) is 23.9 Å². The van der Waals surface area contributed by atoms with Crippen LogP contribution < -0.4 is 4.74 Å². The van der Waals surface area contributed by atoms with E-state index in [1.54, 1.807) is 7.11 Å². The third kappa shape index (κ3) is 5.77. The molecule has 0 aliphatic carbocycles. The molecule has 0 saturated carbocycles. The van der Waals surface area contributed by atoms with Crippen molar-refractivity contribution in [1.82, 2.24) is 9.88 Å². The van der Waals surface area contributed by atoms with Gasteiger partial charge in [-0.2, -0.15) is 24.9 Å². The van der Waals surface area contributed by atoms with Gasteiger partial charge in [0.25, 0.3) is 0 Å². The molecule has 0 atom stereocenters. The summed E-state index contributed by atoms with van der Waals surface area (Å²) in [6.45, 7) is 3.27. The maximum absolute atomic E-state index is 10.6. The number of carboxylic acids is 1. The number of para-hydroxylation sites is 1. The van der Waals surface area contributed by atoms with Gasteiger partial charge in [-0.05, 0) is 12.1 Å². The molecule has 1 aliphatic heterocycles. The number of carboxylic acid groups (broad SMARTS) is 1. The highest BCUT2D eigenvalue weighted by Crippen LogP contribution is 2.24. The Balaban J connectivity index is 0.000000298. The molecule has 0 radical (unpaired) electrons. The van der Waals surface area contributed by atoms with Crippen LogP contribution in [-0.4, -0.2) is 58.8 Å². The Morgan fingerprint density at radius 1 is 1.27 bits per heavy atom. The van der Waals surface area contributed by atoms with Gasteiger partial charge in [0.2, 0.25) is 0 Å². The van der Waals surface area contributed by atoms with Crippen LogP contribution in [0.15, 0.2) is 30.3 Å². The zero-order chi connectivity index (χ0) is 19.2. The van der Waals surface area contributed by atoms with E-state index in [0.717, 1.165) is 42.0 Å². The number of aromatic nitrogens is 1. The number of rotatable bonds is 3. The number of fused-ring (bicyclic) bond motifs is 1. The summed E-state index contributed by atoms with van der Waals surface area (Å²) < 4.78 is 37.1. The lowest BCUT2D eigenvalue weighted by molar-refractivity contribution is -0.192. The third-order valence-electron chi connectivity index (χ3n) is 3.69. The number of hydrogen-bond donors (Lipinski definition) is 1. The van der Waals surface area contributed by atoms with Gasteiger partial charge >= 0.3 is 12.1 Å². The second-order valence-corrected chi connectivity index (χ2v) is 6.75. The van der Waals surface area contributed by atoms with Crippen LogP contribution in [0.25, 0.3) is 10.9 Å². The molecule has 1 aliphatic rings. The maximum atomic E-state index is 10.6. The number of aliphatic carboxylic acids is 1. The Hall–Kier alpha value is -2.00. The highest BCUT2D eigenvalue weighted by molar-refractivity contribution is 7.99. The van der Waals surface area contributed by atoms with E-state index in [1.165, 1.54) is 11.5 Å². The topological polar surface area (TPSA) is 62.7 Å². The SMILES string of the molecule is COc1cccc2ccc(CN3CCSCC3)nc12.O=C(O)C(F)(F)F. The number of ether oxygens (including phenoxy) is 1. The Bertz CT molecular complexity index is 750. The van der Waals surface area contributed by atoms with Gasteiger partial charge in [-0.3, -0.25) is 4.90 Å². The number of halogens is 3. The molecule has 2 heterocycles. The molecule has 5 nitrogen and oxygen atoms in total. The molecule has 9 heteroatoms. The molecule has 1 fully saturated rings. The number of carbonyl (C=O) groups is 1. The van der Waals surface area contributed by atoms with Crippen molar-refractivity contribution in [3.63, 3.8) is 0 Å². The maximum Gasteiger partial charge on any atom is 0.490 e. The number of alkyl halides is 3. The largest absolute Gasteiger partial charge is 0.494 e. The van der Waals surface area contributed by atoms with Crippen LogP contribution >= 0.6 is 11.8 Å². The Labute approximate surface area is 153 Å². The van der Waals surface area contributed by atoms with Crippen LogP contribution in [-0.2, 0) is 11.3 Å². The van der Waals surface area contributed by atoms with Crippen LogP contribution in [0.1, 0.15) is 5.69 Å². The quantitative estimate of drug-likeness (QED) is 0.869. The zero-order valence-corrected chi connectivity index (χ0v) is 14.9. The molecule has 3 rings (SSSR count). The smallest absolute Gasteiger partial charge is 0.490 e. The van der Waals surface area contributed by atoms with Gasteiger partial charge in [0.15, 0.2) is 0 Å². The van der Waals surface area contributed by atoms with Gasteiger partial charge in [0.1, 0.15) is 11.3 Å². The molecule has 1 aromatic carbocycles. The summed E-state index contributed by atoms with van der Waals surface area (Å²) in [4.78, 5) is 16.1. The minimum absolute atomic E-state index is 0.855. The Kier molecular flexibility index (Phi) is 7.10. The van der Waals surface area contributed by atoms with Crippen molar-refractivity contribution in [2.45, 2.75) is 12.7 Å². The highest BCUT2D eigenvalue weighted by atomic mass is 32.2. The summed E-state index contributed by atoms with van der Waals surface area (Å²) in [5, 5.41) is 8.26. The number of thioether (sulfide) groups is 1. The third-order valence-corrected chi connectivity index (χ3v) is 4.64. The van der Waals surface area contributed by atoms with Crippen molar-refractivity contribution < 1.29 is 27.8 Å². The predicted molar refractivity (Wildman–Crippen MR) is 94.6 cm³/mol. The fourth-order valence-corrected chi connectivity index (χ4v) is 3.38. The first-order valence-corrected chi connectivity index (χ1v) is 8.99. The van der Waals surface area contributed by atoms with Crippen LogP contribution in [0.3, 0.4) is 0 Å². The van der Waals surface area contributed by atoms with Crippen molar-refractivity contribution in [2.75, 3.05) is 31.7 Å². The number of benzene rings is 1. The molecule has 26 heavy (non-hydrogen) atoms. The van der Waals surface area contributed by atoms with Crippen LogP contribution in [0, 0.1) is 0 Å². The standard InChI is InChI=1S/C15H18N2OS.C2HF3O2/c1-18-14-4-2-3-12-5-6-13(16-15(12)14)11-17-7-9-19-10-8-17;3-2(4,5)1(6)7/h2-6H,7-11H2,1H3;(H,6,7). The average Bonchev–Trinajstić information content (AvgIpc) is 2.62. The molecule has 1 aromatic heterocycles. The van der Waals surface area contributed by atoms with E-state index in [4.69, 9.17) is 19.6 Å². The molecule has 1 N–H and O–H groups in total. The van der Waals surface area contributed by atoms with E-state index >= 15 is 0 Å². The molecule has 0 bridgehead atoms. The summed E-state index contributed by atoms with van der Waals surface area (Å²) in [5.41, 5.74) is 2.10. The van der Waals surface area contributed by atoms with Crippen molar-refractivity contribution >= 4 is 28.6 Å². The van der Waals surface area contributed by atoms with Gasteiger partial charge < -0.3 is 9.84 Å². The zero-order valence-electron chi connectivity index (χ0n) is 14.1. The Morgan fingerprint density at radius 3 is 2.50 bits per heavy atom. The molecule has 142 valence electrons. The minimum atomic E-state index is -5.08. The molecule has 0 unspecified atom stereocenters. The fraction of sp³-hybridized carbons (Fsp3) is 0.412. The van der Waals surface area contributed by atoms with E-state index in [2.05, 4.69) is 23.1 Å². The molecular weight excluding hydrogens is 369 g/mol. The Morgan fingerprint density at radius 2 is 1.92 bits per heavy atom. The molecule has 2 aromatic rings. The number of nitrogens with zero attached hydrogens (tertiary/aromatic N) is 2. The van der Waals surface area contributed by atoms with Crippen molar-refractivity contribution in [3.8, 4) is 5.75 Å². The summed E-state index contributed by atoms with van der Waals surface area (Å²) in [5.74, 6) is 0.564. The van der Waals surface area contributed by atoms with E-state index in [0.29, 0.717) is 0 Å². The van der Waals surface area contributed by atoms with E-state index in [-0.39, 0.29) is 0 Å². The lowest BCUT2D eigenvalue weighted by Gasteiger charge is -2.25. The monoisotopic (exact) mass is 388 g/mol. The minimum Gasteiger partial charge on any atom is -0.494 e. The number of hydrogen-bond acceptors (Lipinski definition) is 5. The van der Waals surface area contributed by atoms with E-state index in [9.17, 15) is 13.2 Å². The summed E-state index contributed by atoms with van der Waals surface area (Å²) in [6.07, 6.45) is -5.08. The molecule has 1 saturated heterocycles. The van der Waals surface area contributed by atoms with Gasteiger partial charge in [-0.25, -0.2) is 9.78 Å². The van der Waals surface area contributed by atoms with Gasteiger partial charge in [0, 0.05) is 36.5 Å². The first-order valence-electron chi connectivity index (χ1n) is 7.84. The summed E-state index contributed by atoms with van der Waals surface area (Å²) in [7, 11) is 1.70. The molecular formula is C17H19F3N2O3S. The second-order valence-electron chi connectivity index (χ2n) is 5.53. The first-order chi connectivity index (χ1) is 12.3. The van der Waals surface area contributed by atoms with Gasteiger partial charge in [0.05, 0.1) is 12.8 Å². The van der Waals surface area contributed by atoms with E-state index < -0.39 is 12.1 Å². The summed E-state index contributed by atoms with van der Waals surface area (Å²) >= 11 is 2.04. The molecule has 0 spiro atoms. The number of methoxy groups -OCH3 is 1. The average molecular weight is 388 g/mol. The molecule has 0 amide bonds. The second kappa shape index (κ2) is 9.09. The predicted octanol–water partition coefficient (Wildman–Crippen LogP) is 3.43. The van der Waals surface area contributed by atoms with Crippen molar-refractivity contribution in [3.05, 3.63) is 36.0 Å². The normalized spacial score (nSPS) is 15.2. The van der Waals surface area contributed by atoms with Crippen molar-refractivity contribution in [2.24, 2.45) is 0 Å². The van der Waals surface area contributed by atoms with Gasteiger partial charge in [-0.1, -0.05) is 18.2 Å². The first kappa shape index (κ1) is 20.3.